The summed E-state index contributed by atoms with van der Waals surface area (Å²) < 4.78 is 21.8. The van der Waals surface area contributed by atoms with Crippen LogP contribution in [-0.2, 0) is 28.5 Å². The normalized spacial score (nSPS) is 19.7. The first-order valence-corrected chi connectivity index (χ1v) is 9.78. The summed E-state index contributed by atoms with van der Waals surface area (Å²) in [5, 5.41) is 0. The summed E-state index contributed by atoms with van der Waals surface area (Å²) >= 11 is 0. The molecule has 0 atom stereocenters. The minimum atomic E-state index is -0.443. The van der Waals surface area contributed by atoms with Crippen LogP contribution in [-0.4, -0.2) is 37.9 Å². The van der Waals surface area contributed by atoms with Crippen molar-refractivity contribution in [3.05, 3.63) is 35.9 Å². The second kappa shape index (κ2) is 11.7. The zero-order valence-corrected chi connectivity index (χ0v) is 16.2. The lowest BCUT2D eigenvalue weighted by molar-refractivity contribution is -0.229. The smallest absolute Gasteiger partial charge is 0.309 e. The van der Waals surface area contributed by atoms with Crippen LogP contribution >= 0.6 is 0 Å². The van der Waals surface area contributed by atoms with Crippen molar-refractivity contribution < 1.29 is 28.5 Å². The van der Waals surface area contributed by atoms with Gasteiger partial charge in [-0.15, -0.1) is 0 Å². The largest absolute Gasteiger partial charge is 0.465 e. The van der Waals surface area contributed by atoms with Gasteiger partial charge < -0.3 is 18.9 Å². The first-order chi connectivity index (χ1) is 13.1. The molecule has 0 spiro atoms. The lowest BCUT2D eigenvalue weighted by Crippen LogP contribution is -2.35. The number of benzene rings is 1. The molecule has 1 aromatic rings. The van der Waals surface area contributed by atoms with Gasteiger partial charge in [0.05, 0.1) is 25.6 Å². The Morgan fingerprint density at radius 1 is 1.07 bits per heavy atom. The molecule has 0 bridgehead atoms. The minimum absolute atomic E-state index is 0.0370. The predicted molar refractivity (Wildman–Crippen MR) is 99.8 cm³/mol. The third-order valence-corrected chi connectivity index (χ3v) is 4.39. The standard InChI is InChI=1S/C21H30O6/c1-3-8-16(9-4-2)20(23)24-13-12-19(22)27-18-14-25-21(26-15-18)17-10-6-5-7-11-17/h5-7,10-11,16,18,21H,3-4,8-9,12-15H2,1-2H3. The van der Waals surface area contributed by atoms with Crippen molar-refractivity contribution in [3.63, 3.8) is 0 Å². The molecule has 150 valence electrons. The van der Waals surface area contributed by atoms with Crippen molar-refractivity contribution in [3.8, 4) is 0 Å². The monoisotopic (exact) mass is 378 g/mol. The van der Waals surface area contributed by atoms with E-state index in [9.17, 15) is 9.59 Å². The predicted octanol–water partition coefficient (Wildman–Crippen LogP) is 3.79. The second-order valence-electron chi connectivity index (χ2n) is 6.71. The third-order valence-electron chi connectivity index (χ3n) is 4.39. The summed E-state index contributed by atoms with van der Waals surface area (Å²) in [5.74, 6) is -0.715. The van der Waals surface area contributed by atoms with E-state index in [1.807, 2.05) is 44.2 Å². The topological polar surface area (TPSA) is 71.1 Å². The highest BCUT2D eigenvalue weighted by atomic mass is 16.7. The summed E-state index contributed by atoms with van der Waals surface area (Å²) in [4.78, 5) is 24.0. The SMILES string of the molecule is CCCC(CCC)C(=O)OCCC(=O)OC1COC(c2ccccc2)OC1. The molecule has 1 aliphatic rings. The summed E-state index contributed by atoms with van der Waals surface area (Å²) in [6.45, 7) is 4.69. The van der Waals surface area contributed by atoms with Crippen molar-refractivity contribution in [2.45, 2.75) is 58.3 Å². The van der Waals surface area contributed by atoms with E-state index in [0.717, 1.165) is 31.2 Å². The third kappa shape index (κ3) is 7.31. The Hall–Kier alpha value is -1.92. The van der Waals surface area contributed by atoms with Gasteiger partial charge in [0.15, 0.2) is 6.29 Å². The number of carbonyl (C=O) groups excluding carboxylic acids is 2. The highest BCUT2D eigenvalue weighted by Crippen LogP contribution is 2.23. The molecule has 0 N–H and O–H groups in total. The molecule has 6 heteroatoms. The molecule has 0 unspecified atom stereocenters. The molecule has 1 aromatic carbocycles. The first-order valence-electron chi connectivity index (χ1n) is 9.78. The highest BCUT2D eigenvalue weighted by Gasteiger charge is 2.26. The van der Waals surface area contributed by atoms with E-state index in [1.165, 1.54) is 0 Å². The maximum absolute atomic E-state index is 12.1. The number of hydrogen-bond acceptors (Lipinski definition) is 6. The molecule has 1 fully saturated rings. The molecular weight excluding hydrogens is 348 g/mol. The quantitative estimate of drug-likeness (QED) is 0.577. The van der Waals surface area contributed by atoms with Crippen LogP contribution in [0, 0.1) is 5.92 Å². The van der Waals surface area contributed by atoms with E-state index in [2.05, 4.69) is 0 Å². The summed E-state index contributed by atoms with van der Waals surface area (Å²) in [6, 6.07) is 9.61. The summed E-state index contributed by atoms with van der Waals surface area (Å²) in [5.41, 5.74) is 0.933. The van der Waals surface area contributed by atoms with Gasteiger partial charge in [0.1, 0.15) is 12.7 Å². The summed E-state index contributed by atoms with van der Waals surface area (Å²) in [6.07, 6.45) is 2.67. The van der Waals surface area contributed by atoms with E-state index in [0.29, 0.717) is 0 Å². The molecule has 0 aromatic heterocycles. The van der Waals surface area contributed by atoms with Crippen molar-refractivity contribution in [2.24, 2.45) is 5.92 Å². The molecule has 27 heavy (non-hydrogen) atoms. The Kier molecular flexibility index (Phi) is 9.28. The molecule has 2 rings (SSSR count). The fourth-order valence-electron chi connectivity index (χ4n) is 3.03. The average molecular weight is 378 g/mol. The van der Waals surface area contributed by atoms with Gasteiger partial charge in [0, 0.05) is 5.56 Å². The molecule has 0 aliphatic carbocycles. The minimum Gasteiger partial charge on any atom is -0.465 e. The molecule has 1 saturated heterocycles. The van der Waals surface area contributed by atoms with E-state index in [4.69, 9.17) is 18.9 Å². The maximum Gasteiger partial charge on any atom is 0.309 e. The van der Waals surface area contributed by atoms with Crippen LogP contribution in [0.3, 0.4) is 0 Å². The molecule has 0 saturated carbocycles. The lowest BCUT2D eigenvalue weighted by atomic mass is 9.99. The molecule has 1 aliphatic heterocycles. The molecule has 1 heterocycles. The van der Waals surface area contributed by atoms with Crippen LogP contribution in [0.5, 0.6) is 0 Å². The van der Waals surface area contributed by atoms with Crippen LogP contribution in [0.15, 0.2) is 30.3 Å². The first kappa shape index (κ1) is 21.4. The van der Waals surface area contributed by atoms with Gasteiger partial charge >= 0.3 is 11.9 Å². The van der Waals surface area contributed by atoms with Crippen LogP contribution < -0.4 is 0 Å². The Balaban J connectivity index is 1.64. The van der Waals surface area contributed by atoms with Gasteiger partial charge in [-0.25, -0.2) is 0 Å². The van der Waals surface area contributed by atoms with Gasteiger partial charge in [0.25, 0.3) is 0 Å². The fraction of sp³-hybridized carbons (Fsp3) is 0.619. The van der Waals surface area contributed by atoms with Crippen LogP contribution in [0.1, 0.15) is 57.8 Å². The van der Waals surface area contributed by atoms with Crippen molar-refractivity contribution in [1.82, 2.24) is 0 Å². The van der Waals surface area contributed by atoms with Gasteiger partial charge in [-0.1, -0.05) is 57.0 Å². The zero-order chi connectivity index (χ0) is 19.5. The number of ether oxygens (including phenoxy) is 4. The molecule has 0 radical (unpaired) electrons. The number of esters is 2. The zero-order valence-electron chi connectivity index (χ0n) is 16.2. The molecule has 6 nitrogen and oxygen atoms in total. The number of carbonyl (C=O) groups is 2. The lowest BCUT2D eigenvalue weighted by Gasteiger charge is -2.29. The number of rotatable bonds is 10. The van der Waals surface area contributed by atoms with Gasteiger partial charge in [-0.3, -0.25) is 9.59 Å². The van der Waals surface area contributed by atoms with Crippen LogP contribution in [0.25, 0.3) is 0 Å². The molecular formula is C21H30O6. The van der Waals surface area contributed by atoms with Crippen molar-refractivity contribution >= 4 is 11.9 Å². The van der Waals surface area contributed by atoms with E-state index in [1.54, 1.807) is 0 Å². The van der Waals surface area contributed by atoms with Gasteiger partial charge in [0.2, 0.25) is 0 Å². The van der Waals surface area contributed by atoms with E-state index in [-0.39, 0.29) is 38.1 Å². The van der Waals surface area contributed by atoms with Gasteiger partial charge in [-0.05, 0) is 12.8 Å². The van der Waals surface area contributed by atoms with Gasteiger partial charge in [-0.2, -0.15) is 0 Å². The molecule has 0 amide bonds. The van der Waals surface area contributed by atoms with Crippen LogP contribution in [0.4, 0.5) is 0 Å². The second-order valence-corrected chi connectivity index (χ2v) is 6.71. The Bertz CT molecular complexity index is 559. The number of hydrogen-bond donors (Lipinski definition) is 0. The van der Waals surface area contributed by atoms with Crippen molar-refractivity contribution in [1.29, 1.82) is 0 Å². The van der Waals surface area contributed by atoms with Crippen molar-refractivity contribution in [2.75, 3.05) is 19.8 Å². The summed E-state index contributed by atoms with van der Waals surface area (Å²) in [7, 11) is 0. The van der Waals surface area contributed by atoms with Crippen LogP contribution in [0.2, 0.25) is 0 Å². The Labute approximate surface area is 161 Å². The average Bonchev–Trinajstić information content (AvgIpc) is 2.69. The van der Waals surface area contributed by atoms with E-state index >= 15 is 0 Å². The maximum atomic E-state index is 12.1. The van der Waals surface area contributed by atoms with E-state index < -0.39 is 18.4 Å². The highest BCUT2D eigenvalue weighted by molar-refractivity contribution is 5.73. The Morgan fingerprint density at radius 3 is 2.30 bits per heavy atom. The fourth-order valence-corrected chi connectivity index (χ4v) is 3.03. The Morgan fingerprint density at radius 2 is 1.70 bits per heavy atom.